The molecule has 0 aliphatic heterocycles. The van der Waals surface area contributed by atoms with E-state index >= 15 is 0 Å². The Labute approximate surface area is 108 Å². The quantitative estimate of drug-likeness (QED) is 0.778. The summed E-state index contributed by atoms with van der Waals surface area (Å²) in [5.74, 6) is -1.40. The van der Waals surface area contributed by atoms with Gasteiger partial charge < -0.3 is 0 Å². The van der Waals surface area contributed by atoms with Crippen molar-refractivity contribution in [2.45, 2.75) is 26.4 Å². The minimum atomic E-state index is -1.29. The van der Waals surface area contributed by atoms with Gasteiger partial charge in [0.15, 0.2) is 0 Å². The molecule has 1 aromatic carbocycles. The summed E-state index contributed by atoms with van der Waals surface area (Å²) in [5, 5.41) is 0. The molecule has 0 N–H and O–H groups in total. The predicted octanol–water partition coefficient (Wildman–Crippen LogP) is 3.64. The number of alkyl halides is 1. The molecule has 92 valence electrons. The molecule has 2 nitrogen and oxygen atoms in total. The van der Waals surface area contributed by atoms with Crippen LogP contribution in [0.3, 0.4) is 0 Å². The van der Waals surface area contributed by atoms with Crippen LogP contribution in [-0.2, 0) is 9.59 Å². The molecule has 0 heterocycles. The van der Waals surface area contributed by atoms with Crippen LogP contribution in [-0.4, -0.2) is 11.6 Å². The van der Waals surface area contributed by atoms with Crippen LogP contribution in [0.5, 0.6) is 0 Å². The van der Waals surface area contributed by atoms with Crippen molar-refractivity contribution in [2.75, 3.05) is 0 Å². The van der Waals surface area contributed by atoms with Crippen LogP contribution in [0.15, 0.2) is 28.7 Å². The predicted molar refractivity (Wildman–Crippen MR) is 67.5 cm³/mol. The van der Waals surface area contributed by atoms with Crippen molar-refractivity contribution >= 4 is 27.5 Å². The maximum Gasteiger partial charge on any atom is 0.140 e. The number of ketones is 2. The molecule has 0 amide bonds. The van der Waals surface area contributed by atoms with E-state index < -0.39 is 12.1 Å². The maximum atomic E-state index is 13.9. The van der Waals surface area contributed by atoms with Gasteiger partial charge in [0.05, 0.1) is 5.92 Å². The molecule has 4 heteroatoms. The van der Waals surface area contributed by atoms with Crippen LogP contribution in [0.4, 0.5) is 4.39 Å². The van der Waals surface area contributed by atoms with Crippen LogP contribution in [0.25, 0.3) is 0 Å². The fraction of sp³-hybridized carbons (Fsp3) is 0.385. The Morgan fingerprint density at radius 2 is 1.65 bits per heavy atom. The lowest BCUT2D eigenvalue weighted by Crippen LogP contribution is -2.21. The molecule has 0 saturated carbocycles. The average molecular weight is 301 g/mol. The third kappa shape index (κ3) is 4.04. The topological polar surface area (TPSA) is 34.1 Å². The SMILES string of the molecule is CC(=O)C(CC(F)c1ccc(Br)cc1)C(C)=O. The van der Waals surface area contributed by atoms with Crippen molar-refractivity contribution in [3.8, 4) is 0 Å². The highest BCUT2D eigenvalue weighted by atomic mass is 79.9. The first-order valence-corrected chi connectivity index (χ1v) is 6.11. The molecule has 17 heavy (non-hydrogen) atoms. The normalized spacial score (nSPS) is 12.5. The number of hydrogen-bond donors (Lipinski definition) is 0. The van der Waals surface area contributed by atoms with Crippen LogP contribution >= 0.6 is 15.9 Å². The third-order valence-corrected chi connectivity index (χ3v) is 3.18. The lowest BCUT2D eigenvalue weighted by Gasteiger charge is -2.14. The zero-order chi connectivity index (χ0) is 13.0. The smallest absolute Gasteiger partial charge is 0.140 e. The minimum Gasteiger partial charge on any atom is -0.299 e. The second-order valence-corrected chi connectivity index (χ2v) is 4.94. The Hall–Kier alpha value is -1.03. The first kappa shape index (κ1) is 14.0. The van der Waals surface area contributed by atoms with Crippen LogP contribution < -0.4 is 0 Å². The van der Waals surface area contributed by atoms with E-state index in [4.69, 9.17) is 0 Å². The highest BCUT2D eigenvalue weighted by Gasteiger charge is 2.24. The second-order valence-electron chi connectivity index (χ2n) is 4.03. The molecule has 0 saturated heterocycles. The van der Waals surface area contributed by atoms with Crippen molar-refractivity contribution in [1.82, 2.24) is 0 Å². The minimum absolute atomic E-state index is 0.0771. The van der Waals surface area contributed by atoms with E-state index in [1.54, 1.807) is 24.3 Å². The summed E-state index contributed by atoms with van der Waals surface area (Å²) in [5.41, 5.74) is 0.487. The van der Waals surface area contributed by atoms with Gasteiger partial charge in [-0.3, -0.25) is 9.59 Å². The van der Waals surface area contributed by atoms with Crippen molar-refractivity contribution in [3.05, 3.63) is 34.3 Å². The fourth-order valence-corrected chi connectivity index (χ4v) is 1.90. The molecule has 0 aromatic heterocycles. The summed E-state index contributed by atoms with van der Waals surface area (Å²) in [7, 11) is 0. The molecular formula is C13H14BrFO2. The Kier molecular flexibility index (Phi) is 5.00. The van der Waals surface area contributed by atoms with Gasteiger partial charge in [-0.25, -0.2) is 4.39 Å². The number of rotatable bonds is 5. The molecule has 1 rings (SSSR count). The molecular weight excluding hydrogens is 287 g/mol. The Morgan fingerprint density at radius 1 is 1.18 bits per heavy atom. The summed E-state index contributed by atoms with van der Waals surface area (Å²) in [4.78, 5) is 22.4. The summed E-state index contributed by atoms with van der Waals surface area (Å²) in [6, 6.07) is 6.76. The second kappa shape index (κ2) is 6.05. The van der Waals surface area contributed by atoms with Gasteiger partial charge in [-0.15, -0.1) is 0 Å². The van der Waals surface area contributed by atoms with Crippen LogP contribution in [0, 0.1) is 5.92 Å². The van der Waals surface area contributed by atoms with Crippen LogP contribution in [0.1, 0.15) is 32.0 Å². The van der Waals surface area contributed by atoms with Crippen molar-refractivity contribution in [2.24, 2.45) is 5.92 Å². The zero-order valence-corrected chi connectivity index (χ0v) is 11.3. The summed E-state index contributed by atoms with van der Waals surface area (Å²) < 4.78 is 14.8. The molecule has 0 aliphatic carbocycles. The Balaban J connectivity index is 2.77. The van der Waals surface area contributed by atoms with Crippen molar-refractivity contribution < 1.29 is 14.0 Å². The van der Waals surface area contributed by atoms with E-state index in [0.29, 0.717) is 5.56 Å². The molecule has 1 atom stereocenters. The van der Waals surface area contributed by atoms with E-state index in [2.05, 4.69) is 15.9 Å². The van der Waals surface area contributed by atoms with Gasteiger partial charge in [0, 0.05) is 4.47 Å². The lowest BCUT2D eigenvalue weighted by atomic mass is 9.92. The summed E-state index contributed by atoms with van der Waals surface area (Å²) >= 11 is 3.26. The van der Waals surface area contributed by atoms with E-state index in [1.807, 2.05) is 0 Å². The first-order chi connectivity index (χ1) is 7.91. The third-order valence-electron chi connectivity index (χ3n) is 2.66. The highest BCUT2D eigenvalue weighted by molar-refractivity contribution is 9.10. The van der Waals surface area contributed by atoms with Gasteiger partial charge >= 0.3 is 0 Å². The standard InChI is InChI=1S/C13H14BrFO2/c1-8(16)12(9(2)17)7-13(15)10-3-5-11(14)6-4-10/h3-6,12-13H,7H2,1-2H3. The molecule has 1 aromatic rings. The maximum absolute atomic E-state index is 13.9. The molecule has 0 aliphatic rings. The molecule has 0 radical (unpaired) electrons. The highest BCUT2D eigenvalue weighted by Crippen LogP contribution is 2.27. The van der Waals surface area contributed by atoms with Gasteiger partial charge in [0.1, 0.15) is 17.7 Å². The van der Waals surface area contributed by atoms with Gasteiger partial charge in [-0.1, -0.05) is 28.1 Å². The van der Waals surface area contributed by atoms with Gasteiger partial charge in [0.2, 0.25) is 0 Å². The van der Waals surface area contributed by atoms with E-state index in [1.165, 1.54) is 13.8 Å². The van der Waals surface area contributed by atoms with E-state index in [0.717, 1.165) is 4.47 Å². The van der Waals surface area contributed by atoms with E-state index in [9.17, 15) is 14.0 Å². The summed E-state index contributed by atoms with van der Waals surface area (Å²) in [6.07, 6.45) is -1.37. The van der Waals surface area contributed by atoms with E-state index in [-0.39, 0.29) is 18.0 Å². The molecule has 0 bridgehead atoms. The van der Waals surface area contributed by atoms with Gasteiger partial charge in [-0.2, -0.15) is 0 Å². The number of carbonyl (C=O) groups excluding carboxylic acids is 2. The van der Waals surface area contributed by atoms with Crippen LogP contribution in [0.2, 0.25) is 0 Å². The average Bonchev–Trinajstić information content (AvgIpc) is 2.25. The van der Waals surface area contributed by atoms with Gasteiger partial charge in [-0.05, 0) is 38.0 Å². The zero-order valence-electron chi connectivity index (χ0n) is 9.74. The number of benzene rings is 1. The lowest BCUT2D eigenvalue weighted by molar-refractivity contribution is -0.131. The van der Waals surface area contributed by atoms with Crippen molar-refractivity contribution in [1.29, 1.82) is 0 Å². The number of Topliss-reactive ketones (excluding diaryl/α,β-unsaturated/α-hetero) is 2. The van der Waals surface area contributed by atoms with Gasteiger partial charge in [0.25, 0.3) is 0 Å². The summed E-state index contributed by atoms with van der Waals surface area (Å²) in [6.45, 7) is 2.64. The molecule has 1 unspecified atom stereocenters. The Morgan fingerprint density at radius 3 is 2.06 bits per heavy atom. The monoisotopic (exact) mass is 300 g/mol. The molecule has 0 spiro atoms. The number of carbonyl (C=O) groups is 2. The fourth-order valence-electron chi connectivity index (χ4n) is 1.63. The van der Waals surface area contributed by atoms with Crippen molar-refractivity contribution in [3.63, 3.8) is 0 Å². The number of hydrogen-bond acceptors (Lipinski definition) is 2. The Bertz CT molecular complexity index is 400. The largest absolute Gasteiger partial charge is 0.299 e. The number of halogens is 2. The first-order valence-electron chi connectivity index (χ1n) is 5.32. The molecule has 0 fully saturated rings.